The van der Waals surface area contributed by atoms with Crippen LogP contribution in [0.15, 0.2) is 24.3 Å². The van der Waals surface area contributed by atoms with Crippen molar-refractivity contribution in [2.75, 3.05) is 20.1 Å². The van der Waals surface area contributed by atoms with Gasteiger partial charge in [0.1, 0.15) is 0 Å². The quantitative estimate of drug-likeness (QED) is 0.851. The van der Waals surface area contributed by atoms with Crippen molar-refractivity contribution in [3.63, 3.8) is 0 Å². The molecule has 0 amide bonds. The number of nitrogens with one attached hydrogen (secondary N) is 1. The lowest BCUT2D eigenvalue weighted by Gasteiger charge is -2.29. The highest BCUT2D eigenvalue weighted by atomic mass is 15.1. The van der Waals surface area contributed by atoms with E-state index >= 15 is 0 Å². The minimum absolute atomic E-state index is 0.633. The van der Waals surface area contributed by atoms with Gasteiger partial charge in [-0.15, -0.1) is 0 Å². The Bertz CT molecular complexity index is 384. The first-order valence-corrected chi connectivity index (χ1v) is 6.80. The summed E-state index contributed by atoms with van der Waals surface area (Å²) >= 11 is 0. The van der Waals surface area contributed by atoms with Gasteiger partial charge in [0.15, 0.2) is 0 Å². The van der Waals surface area contributed by atoms with E-state index in [1.807, 2.05) is 0 Å². The summed E-state index contributed by atoms with van der Waals surface area (Å²) in [6.45, 7) is 3.52. The Balaban J connectivity index is 1.56. The molecule has 0 saturated heterocycles. The van der Waals surface area contributed by atoms with Crippen molar-refractivity contribution in [3.8, 4) is 0 Å². The molecule has 0 radical (unpaired) electrons. The predicted octanol–water partition coefficient (Wildman–Crippen LogP) is 2.04. The van der Waals surface area contributed by atoms with Gasteiger partial charge in [-0.05, 0) is 43.4 Å². The van der Waals surface area contributed by atoms with Gasteiger partial charge in [0.25, 0.3) is 0 Å². The largest absolute Gasteiger partial charge is 0.308 e. The first-order valence-electron chi connectivity index (χ1n) is 6.80. The van der Waals surface area contributed by atoms with Crippen LogP contribution in [0.4, 0.5) is 0 Å². The monoisotopic (exact) mass is 230 g/mol. The summed E-state index contributed by atoms with van der Waals surface area (Å²) < 4.78 is 0. The third-order valence-electron chi connectivity index (χ3n) is 3.96. The number of hydrogen-bond donors (Lipinski definition) is 1. The molecule has 2 aliphatic rings. The number of likely N-dealkylation sites (N-methyl/N-ethyl adjacent to an activating group) is 1. The number of nitrogens with zero attached hydrogens (tertiary/aromatic N) is 1. The normalized spacial score (nSPS) is 23.8. The van der Waals surface area contributed by atoms with E-state index in [1.165, 1.54) is 43.5 Å². The topological polar surface area (TPSA) is 15.3 Å². The zero-order valence-electron chi connectivity index (χ0n) is 10.7. The zero-order valence-corrected chi connectivity index (χ0v) is 10.7. The van der Waals surface area contributed by atoms with Gasteiger partial charge >= 0.3 is 0 Å². The highest BCUT2D eigenvalue weighted by molar-refractivity contribution is 5.29. The van der Waals surface area contributed by atoms with Gasteiger partial charge in [0.2, 0.25) is 0 Å². The highest BCUT2D eigenvalue weighted by Crippen LogP contribution is 2.29. The molecule has 1 N–H and O–H groups in total. The van der Waals surface area contributed by atoms with Crippen molar-refractivity contribution in [3.05, 3.63) is 35.4 Å². The fourth-order valence-electron chi connectivity index (χ4n) is 2.84. The maximum absolute atomic E-state index is 3.66. The van der Waals surface area contributed by atoms with E-state index in [1.54, 1.807) is 0 Å². The molecule has 1 unspecified atom stereocenters. The van der Waals surface area contributed by atoms with Crippen LogP contribution in [0.2, 0.25) is 0 Å². The molecule has 1 saturated carbocycles. The Morgan fingerprint density at radius 2 is 1.94 bits per heavy atom. The average Bonchev–Trinajstić information content (AvgIpc) is 3.12. The lowest BCUT2D eigenvalue weighted by atomic mass is 9.96. The van der Waals surface area contributed by atoms with E-state index in [9.17, 15) is 0 Å². The van der Waals surface area contributed by atoms with Crippen LogP contribution in [-0.2, 0) is 13.0 Å². The number of rotatable bonds is 4. The van der Waals surface area contributed by atoms with Gasteiger partial charge in [0, 0.05) is 25.7 Å². The van der Waals surface area contributed by atoms with Crippen LogP contribution < -0.4 is 5.32 Å². The molecular formula is C15H22N2. The van der Waals surface area contributed by atoms with E-state index in [0.717, 1.165) is 12.5 Å². The second-order valence-corrected chi connectivity index (χ2v) is 5.72. The first kappa shape index (κ1) is 11.2. The SMILES string of the molecule is CN(CC1CC1)CC1Cc2ccccc2CN1. The van der Waals surface area contributed by atoms with Gasteiger partial charge in [-0.25, -0.2) is 0 Å². The van der Waals surface area contributed by atoms with Gasteiger partial charge in [0.05, 0.1) is 0 Å². The molecule has 0 spiro atoms. The zero-order chi connectivity index (χ0) is 11.7. The lowest BCUT2D eigenvalue weighted by Crippen LogP contribution is -2.44. The molecule has 1 aromatic rings. The Labute approximate surface area is 104 Å². The minimum Gasteiger partial charge on any atom is -0.308 e. The molecule has 2 nitrogen and oxygen atoms in total. The van der Waals surface area contributed by atoms with E-state index in [4.69, 9.17) is 0 Å². The first-order chi connectivity index (χ1) is 8.31. The van der Waals surface area contributed by atoms with Crippen LogP contribution in [0.5, 0.6) is 0 Å². The van der Waals surface area contributed by atoms with Crippen LogP contribution in [0.25, 0.3) is 0 Å². The molecule has 1 atom stereocenters. The summed E-state index contributed by atoms with van der Waals surface area (Å²) in [7, 11) is 2.26. The van der Waals surface area contributed by atoms with E-state index in [2.05, 4.69) is 41.5 Å². The summed E-state index contributed by atoms with van der Waals surface area (Å²) in [6.07, 6.45) is 4.09. The standard InChI is InChI=1S/C15H22N2/c1-17(10-12-6-7-12)11-15-8-13-4-2-3-5-14(13)9-16-15/h2-5,12,15-16H,6-11H2,1H3. The van der Waals surface area contributed by atoms with Crippen molar-refractivity contribution in [2.45, 2.75) is 31.8 Å². The van der Waals surface area contributed by atoms with Gasteiger partial charge in [-0.2, -0.15) is 0 Å². The van der Waals surface area contributed by atoms with Gasteiger partial charge in [-0.3, -0.25) is 0 Å². The van der Waals surface area contributed by atoms with Crippen molar-refractivity contribution >= 4 is 0 Å². The van der Waals surface area contributed by atoms with Crippen molar-refractivity contribution in [1.82, 2.24) is 10.2 Å². The molecule has 0 aromatic heterocycles. The summed E-state index contributed by atoms with van der Waals surface area (Å²) in [5, 5.41) is 3.66. The molecule has 1 heterocycles. The predicted molar refractivity (Wildman–Crippen MR) is 71.0 cm³/mol. The molecule has 17 heavy (non-hydrogen) atoms. The summed E-state index contributed by atoms with van der Waals surface area (Å²) in [5.74, 6) is 0.996. The van der Waals surface area contributed by atoms with E-state index < -0.39 is 0 Å². The summed E-state index contributed by atoms with van der Waals surface area (Å²) in [4.78, 5) is 2.50. The molecular weight excluding hydrogens is 208 g/mol. The number of fused-ring (bicyclic) bond motifs is 1. The van der Waals surface area contributed by atoms with Crippen molar-refractivity contribution in [2.24, 2.45) is 5.92 Å². The second-order valence-electron chi connectivity index (χ2n) is 5.72. The van der Waals surface area contributed by atoms with Gasteiger partial charge in [-0.1, -0.05) is 24.3 Å². The van der Waals surface area contributed by atoms with E-state index in [-0.39, 0.29) is 0 Å². The minimum atomic E-state index is 0.633. The Morgan fingerprint density at radius 1 is 1.18 bits per heavy atom. The number of hydrogen-bond acceptors (Lipinski definition) is 2. The Kier molecular flexibility index (Phi) is 3.17. The maximum Gasteiger partial charge on any atom is 0.0238 e. The van der Waals surface area contributed by atoms with Crippen LogP contribution in [0, 0.1) is 5.92 Å². The fraction of sp³-hybridized carbons (Fsp3) is 0.600. The number of benzene rings is 1. The molecule has 1 aromatic carbocycles. The average molecular weight is 230 g/mol. The highest BCUT2D eigenvalue weighted by Gasteiger charge is 2.25. The third-order valence-corrected chi connectivity index (χ3v) is 3.96. The Hall–Kier alpha value is -0.860. The van der Waals surface area contributed by atoms with Gasteiger partial charge < -0.3 is 10.2 Å². The molecule has 2 heteroatoms. The van der Waals surface area contributed by atoms with Crippen LogP contribution in [-0.4, -0.2) is 31.1 Å². The van der Waals surface area contributed by atoms with Crippen LogP contribution in [0.1, 0.15) is 24.0 Å². The lowest BCUT2D eigenvalue weighted by molar-refractivity contribution is 0.271. The maximum atomic E-state index is 3.66. The van der Waals surface area contributed by atoms with Crippen LogP contribution >= 0.6 is 0 Å². The molecule has 1 fully saturated rings. The summed E-state index contributed by atoms with van der Waals surface area (Å²) in [6, 6.07) is 9.46. The second kappa shape index (κ2) is 4.79. The van der Waals surface area contributed by atoms with E-state index in [0.29, 0.717) is 6.04 Å². The van der Waals surface area contributed by atoms with Crippen LogP contribution in [0.3, 0.4) is 0 Å². The fourth-order valence-corrected chi connectivity index (χ4v) is 2.84. The smallest absolute Gasteiger partial charge is 0.0238 e. The molecule has 1 aliphatic carbocycles. The third kappa shape index (κ3) is 2.88. The van der Waals surface area contributed by atoms with Crippen molar-refractivity contribution < 1.29 is 0 Å². The molecule has 92 valence electrons. The molecule has 0 bridgehead atoms. The summed E-state index contributed by atoms with van der Waals surface area (Å²) in [5.41, 5.74) is 3.02. The molecule has 1 aliphatic heterocycles. The molecule has 3 rings (SSSR count). The Morgan fingerprint density at radius 3 is 2.71 bits per heavy atom. The van der Waals surface area contributed by atoms with Crippen molar-refractivity contribution in [1.29, 1.82) is 0 Å².